The van der Waals surface area contributed by atoms with Crippen LogP contribution in [0.15, 0.2) is 29.2 Å². The summed E-state index contributed by atoms with van der Waals surface area (Å²) in [4.78, 5) is 11.7. The fraction of sp³-hybridized carbons (Fsp3) is 0.364. The minimum absolute atomic E-state index is 0.0344. The van der Waals surface area contributed by atoms with Gasteiger partial charge in [0.25, 0.3) is 0 Å². The molecule has 104 valence electrons. The molecule has 1 aliphatic heterocycles. The second-order valence-electron chi connectivity index (χ2n) is 4.36. The largest absolute Gasteiger partial charge is 0.334 e. The molecule has 0 aromatic heterocycles. The van der Waals surface area contributed by atoms with Gasteiger partial charge in [0, 0.05) is 18.3 Å². The Morgan fingerprint density at radius 1 is 1.42 bits per heavy atom. The Balaban J connectivity index is 2.00. The predicted octanol–water partition coefficient (Wildman–Crippen LogP) is -0.183. The smallest absolute Gasteiger partial charge is 0.319 e. The van der Waals surface area contributed by atoms with E-state index in [1.807, 2.05) is 0 Å². The molecule has 0 saturated carbocycles. The average molecular weight is 284 g/mol. The number of anilines is 1. The molecule has 1 heterocycles. The maximum Gasteiger partial charge on any atom is 0.319 e. The summed E-state index contributed by atoms with van der Waals surface area (Å²) in [6.45, 7) is 1.62. The van der Waals surface area contributed by atoms with Gasteiger partial charge in [-0.25, -0.2) is 18.4 Å². The van der Waals surface area contributed by atoms with Crippen LogP contribution < -0.4 is 21.1 Å². The van der Waals surface area contributed by atoms with E-state index >= 15 is 0 Å². The van der Waals surface area contributed by atoms with Crippen LogP contribution in [0.3, 0.4) is 0 Å². The molecule has 1 unspecified atom stereocenters. The van der Waals surface area contributed by atoms with Crippen molar-refractivity contribution in [1.82, 2.24) is 10.6 Å². The van der Waals surface area contributed by atoms with Gasteiger partial charge in [-0.05, 0) is 31.2 Å². The van der Waals surface area contributed by atoms with Gasteiger partial charge in [0.2, 0.25) is 10.0 Å². The lowest BCUT2D eigenvalue weighted by Crippen LogP contribution is -2.39. The van der Waals surface area contributed by atoms with Crippen molar-refractivity contribution in [2.45, 2.75) is 17.4 Å². The molecule has 0 radical (unpaired) electrons. The van der Waals surface area contributed by atoms with E-state index in [4.69, 9.17) is 5.14 Å². The highest BCUT2D eigenvalue weighted by molar-refractivity contribution is 7.89. The molecule has 19 heavy (non-hydrogen) atoms. The van der Waals surface area contributed by atoms with Crippen LogP contribution in [0.5, 0.6) is 0 Å². The number of amides is 2. The number of carbonyl (C=O) groups is 1. The van der Waals surface area contributed by atoms with Gasteiger partial charge >= 0.3 is 6.03 Å². The second kappa shape index (κ2) is 5.55. The zero-order valence-corrected chi connectivity index (χ0v) is 11.0. The number of nitrogens with one attached hydrogen (secondary N) is 3. The third-order valence-corrected chi connectivity index (χ3v) is 3.73. The highest BCUT2D eigenvalue weighted by atomic mass is 32.2. The molecule has 2 rings (SSSR count). The van der Waals surface area contributed by atoms with E-state index in [1.165, 1.54) is 18.2 Å². The van der Waals surface area contributed by atoms with Gasteiger partial charge in [-0.3, -0.25) is 0 Å². The normalized spacial score (nSPS) is 19.1. The SMILES string of the molecule is NS(=O)(=O)c1cccc(NC(=O)NC2CCNC2)c1. The molecule has 1 aliphatic rings. The highest BCUT2D eigenvalue weighted by Crippen LogP contribution is 2.14. The summed E-state index contributed by atoms with van der Waals surface area (Å²) >= 11 is 0. The Morgan fingerprint density at radius 2 is 2.21 bits per heavy atom. The van der Waals surface area contributed by atoms with Crippen LogP contribution in [0.4, 0.5) is 10.5 Å². The van der Waals surface area contributed by atoms with Crippen LogP contribution in [0.25, 0.3) is 0 Å². The van der Waals surface area contributed by atoms with Gasteiger partial charge in [-0.15, -0.1) is 0 Å². The first kappa shape index (κ1) is 13.8. The summed E-state index contributed by atoms with van der Waals surface area (Å²) in [6.07, 6.45) is 0.880. The number of carbonyl (C=O) groups excluding carboxylic acids is 1. The number of hydrogen-bond donors (Lipinski definition) is 4. The summed E-state index contributed by atoms with van der Waals surface area (Å²) in [6, 6.07) is 5.55. The molecule has 1 atom stereocenters. The number of nitrogens with two attached hydrogens (primary N) is 1. The number of hydrogen-bond acceptors (Lipinski definition) is 4. The Morgan fingerprint density at radius 3 is 2.84 bits per heavy atom. The van der Waals surface area contributed by atoms with Crippen molar-refractivity contribution in [1.29, 1.82) is 0 Å². The summed E-state index contributed by atoms with van der Waals surface area (Å²) in [5.74, 6) is 0. The zero-order chi connectivity index (χ0) is 13.9. The summed E-state index contributed by atoms with van der Waals surface area (Å²) in [7, 11) is -3.77. The minimum Gasteiger partial charge on any atom is -0.334 e. The van der Waals surface area contributed by atoms with Crippen molar-refractivity contribution in [3.63, 3.8) is 0 Å². The summed E-state index contributed by atoms with van der Waals surface area (Å²) in [5.41, 5.74) is 0.384. The van der Waals surface area contributed by atoms with Crippen LogP contribution in [0.1, 0.15) is 6.42 Å². The standard InChI is InChI=1S/C11H16N4O3S/c12-19(17,18)10-3-1-2-8(6-10)14-11(16)15-9-4-5-13-7-9/h1-3,6,9,13H,4-5,7H2,(H2,12,17,18)(H2,14,15,16). The fourth-order valence-corrected chi connectivity index (χ4v) is 2.44. The maximum absolute atomic E-state index is 11.7. The second-order valence-corrected chi connectivity index (χ2v) is 5.92. The molecule has 0 spiro atoms. The van der Waals surface area contributed by atoms with E-state index in [9.17, 15) is 13.2 Å². The molecule has 7 nitrogen and oxygen atoms in total. The third kappa shape index (κ3) is 3.91. The van der Waals surface area contributed by atoms with Crippen LogP contribution in [-0.2, 0) is 10.0 Å². The predicted molar refractivity (Wildman–Crippen MR) is 71.2 cm³/mol. The van der Waals surface area contributed by atoms with Crippen molar-refractivity contribution in [3.05, 3.63) is 24.3 Å². The van der Waals surface area contributed by atoms with Crippen molar-refractivity contribution in [2.75, 3.05) is 18.4 Å². The third-order valence-electron chi connectivity index (χ3n) is 2.82. The van der Waals surface area contributed by atoms with Crippen molar-refractivity contribution >= 4 is 21.7 Å². The topological polar surface area (TPSA) is 113 Å². The van der Waals surface area contributed by atoms with E-state index in [0.717, 1.165) is 19.5 Å². The molecule has 8 heteroatoms. The average Bonchev–Trinajstić information content (AvgIpc) is 2.80. The molecule has 1 saturated heterocycles. The summed E-state index contributed by atoms with van der Waals surface area (Å²) in [5, 5.41) is 13.5. The number of urea groups is 1. The van der Waals surface area contributed by atoms with Crippen molar-refractivity contribution in [3.8, 4) is 0 Å². The molecular weight excluding hydrogens is 268 g/mol. The van der Waals surface area contributed by atoms with Gasteiger partial charge in [0.05, 0.1) is 4.90 Å². The van der Waals surface area contributed by atoms with Crippen molar-refractivity contribution < 1.29 is 13.2 Å². The maximum atomic E-state index is 11.7. The van der Waals surface area contributed by atoms with Gasteiger partial charge in [-0.2, -0.15) is 0 Å². The highest BCUT2D eigenvalue weighted by Gasteiger charge is 2.16. The first-order valence-electron chi connectivity index (χ1n) is 5.86. The van der Waals surface area contributed by atoms with Gasteiger partial charge in [-0.1, -0.05) is 6.07 Å². The van der Waals surface area contributed by atoms with Gasteiger partial charge in [0.1, 0.15) is 0 Å². The van der Waals surface area contributed by atoms with Crippen LogP contribution >= 0.6 is 0 Å². The first-order chi connectivity index (χ1) is 8.95. The fourth-order valence-electron chi connectivity index (χ4n) is 1.88. The molecular formula is C11H16N4O3S. The van der Waals surface area contributed by atoms with Crippen LogP contribution in [-0.4, -0.2) is 33.6 Å². The van der Waals surface area contributed by atoms with E-state index in [1.54, 1.807) is 6.07 Å². The Bertz CT molecular complexity index is 567. The lowest BCUT2D eigenvalue weighted by molar-refractivity contribution is 0.249. The van der Waals surface area contributed by atoms with Crippen LogP contribution in [0, 0.1) is 0 Å². The quantitative estimate of drug-likeness (QED) is 0.616. The van der Waals surface area contributed by atoms with E-state index in [0.29, 0.717) is 5.69 Å². The number of rotatable bonds is 3. The molecule has 5 N–H and O–H groups in total. The molecule has 1 aromatic rings. The Hall–Kier alpha value is -1.64. The zero-order valence-electron chi connectivity index (χ0n) is 10.2. The number of benzene rings is 1. The molecule has 2 amide bonds. The monoisotopic (exact) mass is 284 g/mol. The molecule has 0 aliphatic carbocycles. The minimum atomic E-state index is -3.77. The molecule has 1 aromatic carbocycles. The number of sulfonamides is 1. The van der Waals surface area contributed by atoms with Gasteiger partial charge in [0.15, 0.2) is 0 Å². The Labute approximate surface area is 111 Å². The molecule has 1 fully saturated rings. The van der Waals surface area contributed by atoms with E-state index in [-0.39, 0.29) is 17.0 Å². The molecule has 0 bridgehead atoms. The lowest BCUT2D eigenvalue weighted by atomic mass is 10.3. The van der Waals surface area contributed by atoms with E-state index < -0.39 is 10.0 Å². The van der Waals surface area contributed by atoms with Crippen LogP contribution in [0.2, 0.25) is 0 Å². The number of primary sulfonamides is 1. The first-order valence-corrected chi connectivity index (χ1v) is 7.41. The van der Waals surface area contributed by atoms with Crippen molar-refractivity contribution in [2.24, 2.45) is 5.14 Å². The summed E-state index contributed by atoms with van der Waals surface area (Å²) < 4.78 is 22.4. The lowest BCUT2D eigenvalue weighted by Gasteiger charge is -2.12. The van der Waals surface area contributed by atoms with Gasteiger partial charge < -0.3 is 16.0 Å². The van der Waals surface area contributed by atoms with E-state index in [2.05, 4.69) is 16.0 Å². The Kier molecular flexibility index (Phi) is 4.03.